The van der Waals surface area contributed by atoms with Gasteiger partial charge < -0.3 is 10.6 Å². The predicted octanol–water partition coefficient (Wildman–Crippen LogP) is 2.21. The summed E-state index contributed by atoms with van der Waals surface area (Å²) in [5, 5.41) is 5.95. The number of anilines is 1. The van der Waals surface area contributed by atoms with E-state index in [1.54, 1.807) is 35.2 Å². The van der Waals surface area contributed by atoms with Gasteiger partial charge in [-0.25, -0.2) is 9.97 Å². The first-order chi connectivity index (χ1) is 9.20. The zero-order valence-corrected chi connectivity index (χ0v) is 11.8. The molecular formula is C13H16N4OS. The van der Waals surface area contributed by atoms with E-state index < -0.39 is 0 Å². The number of amides is 1. The maximum absolute atomic E-state index is 11.9. The van der Waals surface area contributed by atoms with Crippen LogP contribution in [-0.2, 0) is 6.54 Å². The van der Waals surface area contributed by atoms with Crippen LogP contribution in [0.25, 0.3) is 0 Å². The van der Waals surface area contributed by atoms with Crippen molar-refractivity contribution in [2.75, 3.05) is 11.9 Å². The summed E-state index contributed by atoms with van der Waals surface area (Å²) in [6.07, 6.45) is 1.58. The van der Waals surface area contributed by atoms with Crippen LogP contribution >= 0.6 is 11.3 Å². The summed E-state index contributed by atoms with van der Waals surface area (Å²) in [7, 11) is 0. The monoisotopic (exact) mass is 276 g/mol. The molecule has 2 N–H and O–H groups in total. The van der Waals surface area contributed by atoms with Gasteiger partial charge in [0.2, 0.25) is 0 Å². The van der Waals surface area contributed by atoms with Gasteiger partial charge in [-0.05, 0) is 26.0 Å². The Labute approximate surface area is 116 Å². The Bertz CT molecular complexity index is 550. The second-order valence-corrected chi connectivity index (χ2v) is 4.95. The molecule has 0 bridgehead atoms. The number of hydrogen-bond donors (Lipinski definition) is 2. The first-order valence-corrected chi connectivity index (χ1v) is 6.95. The summed E-state index contributed by atoms with van der Waals surface area (Å²) < 4.78 is 0. The fraction of sp³-hybridized carbons (Fsp3) is 0.308. The molecule has 0 atom stereocenters. The van der Waals surface area contributed by atoms with Gasteiger partial charge in [0.05, 0.1) is 23.3 Å². The third kappa shape index (κ3) is 3.51. The normalized spacial score (nSPS) is 10.2. The molecule has 0 fully saturated rings. The van der Waals surface area contributed by atoms with E-state index >= 15 is 0 Å². The highest BCUT2D eigenvalue weighted by atomic mass is 32.1. The lowest BCUT2D eigenvalue weighted by molar-refractivity contribution is 0.0951. The lowest BCUT2D eigenvalue weighted by atomic mass is 10.2. The van der Waals surface area contributed by atoms with Gasteiger partial charge in [0.15, 0.2) is 0 Å². The van der Waals surface area contributed by atoms with E-state index in [1.807, 2.05) is 13.8 Å². The number of hydrogen-bond acceptors (Lipinski definition) is 5. The highest BCUT2D eigenvalue weighted by Crippen LogP contribution is 2.12. The van der Waals surface area contributed by atoms with E-state index in [1.165, 1.54) is 0 Å². The molecule has 6 heteroatoms. The van der Waals surface area contributed by atoms with Crippen LogP contribution in [0.5, 0.6) is 0 Å². The number of carbonyl (C=O) groups excluding carboxylic acids is 1. The molecule has 1 amide bonds. The zero-order valence-electron chi connectivity index (χ0n) is 10.9. The standard InChI is InChI=1S/C13H16N4OS/c1-3-14-12-5-4-10(6-15-12)13(18)16-7-11-9(2)17-8-19-11/h4-6,8H,3,7H2,1-2H3,(H,14,15)(H,16,18). The highest BCUT2D eigenvalue weighted by Gasteiger charge is 2.07. The predicted molar refractivity (Wildman–Crippen MR) is 76.4 cm³/mol. The van der Waals surface area contributed by atoms with E-state index in [2.05, 4.69) is 20.6 Å². The summed E-state index contributed by atoms with van der Waals surface area (Å²) in [6.45, 7) is 5.25. The van der Waals surface area contributed by atoms with Crippen molar-refractivity contribution in [3.05, 3.63) is 40.0 Å². The molecule has 0 unspecified atom stereocenters. The molecule has 0 aliphatic heterocycles. The average Bonchev–Trinajstić information content (AvgIpc) is 2.83. The second kappa shape index (κ2) is 6.29. The van der Waals surface area contributed by atoms with E-state index in [-0.39, 0.29) is 5.91 Å². The van der Waals surface area contributed by atoms with Crippen LogP contribution in [0.15, 0.2) is 23.8 Å². The molecule has 100 valence electrons. The molecule has 2 aromatic rings. The number of thiazole rings is 1. The first-order valence-electron chi connectivity index (χ1n) is 6.07. The van der Waals surface area contributed by atoms with Crippen LogP contribution in [0, 0.1) is 6.92 Å². The van der Waals surface area contributed by atoms with Gasteiger partial charge in [-0.15, -0.1) is 11.3 Å². The number of aromatic nitrogens is 2. The Balaban J connectivity index is 1.94. The van der Waals surface area contributed by atoms with Crippen molar-refractivity contribution in [1.29, 1.82) is 0 Å². The quantitative estimate of drug-likeness (QED) is 0.878. The fourth-order valence-electron chi connectivity index (χ4n) is 1.57. The van der Waals surface area contributed by atoms with Crippen molar-refractivity contribution in [2.45, 2.75) is 20.4 Å². The maximum Gasteiger partial charge on any atom is 0.253 e. The molecule has 0 radical (unpaired) electrons. The number of rotatable bonds is 5. The zero-order chi connectivity index (χ0) is 13.7. The molecule has 0 spiro atoms. The molecular weight excluding hydrogens is 260 g/mol. The van der Waals surface area contributed by atoms with Crippen molar-refractivity contribution in [2.24, 2.45) is 0 Å². The van der Waals surface area contributed by atoms with Crippen LogP contribution < -0.4 is 10.6 Å². The van der Waals surface area contributed by atoms with Crippen LogP contribution in [0.1, 0.15) is 27.9 Å². The molecule has 0 aliphatic carbocycles. The minimum atomic E-state index is -0.122. The van der Waals surface area contributed by atoms with E-state index in [4.69, 9.17) is 0 Å². The second-order valence-electron chi connectivity index (χ2n) is 4.01. The van der Waals surface area contributed by atoms with Crippen molar-refractivity contribution < 1.29 is 4.79 Å². The van der Waals surface area contributed by atoms with Gasteiger partial charge >= 0.3 is 0 Å². The largest absolute Gasteiger partial charge is 0.370 e. The minimum absolute atomic E-state index is 0.122. The maximum atomic E-state index is 11.9. The van der Waals surface area contributed by atoms with Crippen LogP contribution in [0.3, 0.4) is 0 Å². The van der Waals surface area contributed by atoms with Gasteiger partial charge in [-0.2, -0.15) is 0 Å². The Morgan fingerprint density at radius 3 is 2.79 bits per heavy atom. The van der Waals surface area contributed by atoms with Crippen molar-refractivity contribution in [3.8, 4) is 0 Å². The molecule has 19 heavy (non-hydrogen) atoms. The topological polar surface area (TPSA) is 66.9 Å². The lowest BCUT2D eigenvalue weighted by Crippen LogP contribution is -2.22. The minimum Gasteiger partial charge on any atom is -0.370 e. The average molecular weight is 276 g/mol. The van der Waals surface area contributed by atoms with Crippen molar-refractivity contribution in [1.82, 2.24) is 15.3 Å². The molecule has 2 rings (SSSR count). The van der Waals surface area contributed by atoms with Gasteiger partial charge in [-0.3, -0.25) is 4.79 Å². The Hall–Kier alpha value is -1.95. The molecule has 0 saturated heterocycles. The SMILES string of the molecule is CCNc1ccc(C(=O)NCc2scnc2C)cn1. The number of aryl methyl sites for hydroxylation is 1. The molecule has 2 aromatic heterocycles. The smallest absolute Gasteiger partial charge is 0.253 e. The van der Waals surface area contributed by atoms with E-state index in [0.717, 1.165) is 22.9 Å². The van der Waals surface area contributed by atoms with Crippen LogP contribution in [0.4, 0.5) is 5.82 Å². The van der Waals surface area contributed by atoms with Gasteiger partial charge in [0.25, 0.3) is 5.91 Å². The Morgan fingerprint density at radius 2 is 2.21 bits per heavy atom. The van der Waals surface area contributed by atoms with Gasteiger partial charge in [0.1, 0.15) is 5.82 Å². The molecule has 5 nitrogen and oxygen atoms in total. The van der Waals surface area contributed by atoms with Gasteiger partial charge in [0, 0.05) is 17.6 Å². The number of carbonyl (C=O) groups is 1. The van der Waals surface area contributed by atoms with Crippen molar-refractivity contribution in [3.63, 3.8) is 0 Å². The number of pyridine rings is 1. The fourth-order valence-corrected chi connectivity index (χ4v) is 2.29. The summed E-state index contributed by atoms with van der Waals surface area (Å²) in [5.74, 6) is 0.653. The number of nitrogens with zero attached hydrogens (tertiary/aromatic N) is 2. The Kier molecular flexibility index (Phi) is 4.46. The lowest BCUT2D eigenvalue weighted by Gasteiger charge is -2.05. The van der Waals surface area contributed by atoms with E-state index in [9.17, 15) is 4.79 Å². The Morgan fingerprint density at radius 1 is 1.37 bits per heavy atom. The molecule has 2 heterocycles. The van der Waals surface area contributed by atoms with Crippen LogP contribution in [-0.4, -0.2) is 22.4 Å². The molecule has 0 saturated carbocycles. The van der Waals surface area contributed by atoms with Crippen LogP contribution in [0.2, 0.25) is 0 Å². The number of nitrogens with one attached hydrogen (secondary N) is 2. The summed E-state index contributed by atoms with van der Waals surface area (Å²) in [6, 6.07) is 3.57. The summed E-state index contributed by atoms with van der Waals surface area (Å²) >= 11 is 1.54. The third-order valence-electron chi connectivity index (χ3n) is 2.64. The first kappa shape index (κ1) is 13.5. The van der Waals surface area contributed by atoms with Gasteiger partial charge in [-0.1, -0.05) is 0 Å². The molecule has 0 aliphatic rings. The third-order valence-corrected chi connectivity index (χ3v) is 3.57. The van der Waals surface area contributed by atoms with E-state index in [0.29, 0.717) is 12.1 Å². The summed E-state index contributed by atoms with van der Waals surface area (Å²) in [4.78, 5) is 21.3. The molecule has 0 aromatic carbocycles. The van der Waals surface area contributed by atoms with Crippen molar-refractivity contribution >= 4 is 23.1 Å². The summed E-state index contributed by atoms with van der Waals surface area (Å²) in [5.41, 5.74) is 3.30. The highest BCUT2D eigenvalue weighted by molar-refractivity contribution is 7.09.